The van der Waals surface area contributed by atoms with E-state index in [-0.39, 0.29) is 6.61 Å². The third-order valence-corrected chi connectivity index (χ3v) is 2.12. The Kier molecular flexibility index (Phi) is 5.31. The second-order valence-electron chi connectivity index (χ2n) is 5.14. The van der Waals surface area contributed by atoms with E-state index in [1.54, 1.807) is 0 Å². The molecule has 1 rings (SSSR count). The first-order valence-corrected chi connectivity index (χ1v) is 5.98. The molecule has 4 heteroatoms. The summed E-state index contributed by atoms with van der Waals surface area (Å²) < 4.78 is 10.5. The molecule has 0 amide bonds. The normalized spacial score (nSPS) is 13.1. The Morgan fingerprint density at radius 3 is 2.44 bits per heavy atom. The van der Waals surface area contributed by atoms with Gasteiger partial charge in [0.15, 0.2) is 0 Å². The maximum Gasteiger partial charge on any atom is 0.325 e. The summed E-state index contributed by atoms with van der Waals surface area (Å²) in [4.78, 5) is 11.6. The van der Waals surface area contributed by atoms with Crippen LogP contribution < -0.4 is 5.73 Å². The SMILES string of the molecule is CC(C)(C)OC(=O)[C@@H](N)COCc1ccccc1. The molecule has 0 aliphatic rings. The van der Waals surface area contributed by atoms with Crippen LogP contribution in [0.2, 0.25) is 0 Å². The molecule has 0 saturated carbocycles. The number of hydrogen-bond donors (Lipinski definition) is 1. The van der Waals surface area contributed by atoms with Crippen LogP contribution in [0.1, 0.15) is 26.3 Å². The fourth-order valence-electron chi connectivity index (χ4n) is 1.32. The zero-order chi connectivity index (χ0) is 13.6. The summed E-state index contributed by atoms with van der Waals surface area (Å²) in [6.45, 7) is 6.02. The van der Waals surface area contributed by atoms with Gasteiger partial charge in [0.05, 0.1) is 13.2 Å². The van der Waals surface area contributed by atoms with E-state index in [4.69, 9.17) is 15.2 Å². The highest BCUT2D eigenvalue weighted by Gasteiger charge is 2.22. The maximum absolute atomic E-state index is 11.6. The molecule has 0 saturated heterocycles. The van der Waals surface area contributed by atoms with Crippen molar-refractivity contribution in [1.29, 1.82) is 0 Å². The van der Waals surface area contributed by atoms with E-state index in [1.807, 2.05) is 51.1 Å². The highest BCUT2D eigenvalue weighted by atomic mass is 16.6. The van der Waals surface area contributed by atoms with Crippen LogP contribution >= 0.6 is 0 Å². The van der Waals surface area contributed by atoms with Crippen molar-refractivity contribution in [2.75, 3.05) is 6.61 Å². The molecule has 0 aliphatic heterocycles. The molecule has 1 aromatic carbocycles. The van der Waals surface area contributed by atoms with E-state index in [2.05, 4.69) is 0 Å². The van der Waals surface area contributed by atoms with Crippen LogP contribution in [0.25, 0.3) is 0 Å². The van der Waals surface area contributed by atoms with E-state index >= 15 is 0 Å². The van der Waals surface area contributed by atoms with Gasteiger partial charge in [0, 0.05) is 0 Å². The minimum Gasteiger partial charge on any atom is -0.459 e. The zero-order valence-corrected chi connectivity index (χ0v) is 11.2. The second-order valence-corrected chi connectivity index (χ2v) is 5.14. The second kappa shape index (κ2) is 6.52. The third-order valence-electron chi connectivity index (χ3n) is 2.12. The first kappa shape index (κ1) is 14.7. The first-order chi connectivity index (χ1) is 8.38. The number of ether oxygens (including phenoxy) is 2. The standard InChI is InChI=1S/C14H21NO3/c1-14(2,3)18-13(16)12(15)10-17-9-11-7-5-4-6-8-11/h4-8,12H,9-10,15H2,1-3H3/t12-/m0/s1. The van der Waals surface area contributed by atoms with Crippen molar-refractivity contribution in [1.82, 2.24) is 0 Å². The van der Waals surface area contributed by atoms with E-state index in [0.29, 0.717) is 6.61 Å². The lowest BCUT2D eigenvalue weighted by molar-refractivity contribution is -0.158. The van der Waals surface area contributed by atoms with Gasteiger partial charge in [-0.2, -0.15) is 0 Å². The molecule has 0 aromatic heterocycles. The molecule has 18 heavy (non-hydrogen) atoms. The minimum atomic E-state index is -0.743. The fraction of sp³-hybridized carbons (Fsp3) is 0.500. The third kappa shape index (κ3) is 5.80. The molecular weight excluding hydrogens is 230 g/mol. The summed E-state index contributed by atoms with van der Waals surface area (Å²) in [5, 5.41) is 0. The van der Waals surface area contributed by atoms with Gasteiger partial charge in [-0.25, -0.2) is 0 Å². The van der Waals surface area contributed by atoms with Gasteiger partial charge in [0.2, 0.25) is 0 Å². The molecule has 1 aromatic rings. The predicted molar refractivity (Wildman–Crippen MR) is 69.9 cm³/mol. The number of esters is 1. The largest absolute Gasteiger partial charge is 0.459 e. The molecule has 0 aliphatic carbocycles. The monoisotopic (exact) mass is 251 g/mol. The van der Waals surface area contributed by atoms with Gasteiger partial charge >= 0.3 is 5.97 Å². The summed E-state index contributed by atoms with van der Waals surface area (Å²) in [6, 6.07) is 8.99. The lowest BCUT2D eigenvalue weighted by atomic mass is 10.2. The average Bonchev–Trinajstić information content (AvgIpc) is 2.28. The summed E-state index contributed by atoms with van der Waals surface area (Å²) >= 11 is 0. The number of carbonyl (C=O) groups is 1. The van der Waals surface area contributed by atoms with Crippen molar-refractivity contribution in [2.24, 2.45) is 5.73 Å². The summed E-state index contributed by atoms with van der Waals surface area (Å²) in [5.41, 5.74) is 6.22. The van der Waals surface area contributed by atoms with Crippen LogP contribution in [0.3, 0.4) is 0 Å². The van der Waals surface area contributed by atoms with Crippen LogP contribution in [0, 0.1) is 0 Å². The van der Waals surface area contributed by atoms with E-state index in [0.717, 1.165) is 5.56 Å². The topological polar surface area (TPSA) is 61.5 Å². The van der Waals surface area contributed by atoms with Gasteiger partial charge in [0.25, 0.3) is 0 Å². The van der Waals surface area contributed by atoms with Gasteiger partial charge in [0.1, 0.15) is 11.6 Å². The van der Waals surface area contributed by atoms with Crippen molar-refractivity contribution in [2.45, 2.75) is 39.0 Å². The van der Waals surface area contributed by atoms with Crippen molar-refractivity contribution in [3.05, 3.63) is 35.9 Å². The molecule has 1 atom stereocenters. The van der Waals surface area contributed by atoms with E-state index in [9.17, 15) is 4.79 Å². The molecule has 2 N–H and O–H groups in total. The van der Waals surface area contributed by atoms with Crippen LogP contribution in [0.4, 0.5) is 0 Å². The summed E-state index contributed by atoms with van der Waals surface area (Å²) in [7, 11) is 0. The van der Waals surface area contributed by atoms with Crippen LogP contribution in [0.5, 0.6) is 0 Å². The Balaban J connectivity index is 2.29. The van der Waals surface area contributed by atoms with Gasteiger partial charge in [-0.05, 0) is 26.3 Å². The Hall–Kier alpha value is -1.39. The Morgan fingerprint density at radius 1 is 1.28 bits per heavy atom. The number of rotatable bonds is 5. The Labute approximate surface area is 108 Å². The van der Waals surface area contributed by atoms with Crippen LogP contribution in [0.15, 0.2) is 30.3 Å². The molecular formula is C14H21NO3. The number of benzene rings is 1. The zero-order valence-electron chi connectivity index (χ0n) is 11.2. The molecule has 0 spiro atoms. The van der Waals surface area contributed by atoms with Crippen molar-refractivity contribution >= 4 is 5.97 Å². The highest BCUT2D eigenvalue weighted by molar-refractivity contribution is 5.76. The van der Waals surface area contributed by atoms with Gasteiger partial charge in [-0.15, -0.1) is 0 Å². The smallest absolute Gasteiger partial charge is 0.325 e. The van der Waals surface area contributed by atoms with E-state index in [1.165, 1.54) is 0 Å². The Bertz CT molecular complexity index is 370. The van der Waals surface area contributed by atoms with Crippen LogP contribution in [-0.4, -0.2) is 24.2 Å². The van der Waals surface area contributed by atoms with Crippen molar-refractivity contribution < 1.29 is 14.3 Å². The lowest BCUT2D eigenvalue weighted by Gasteiger charge is -2.22. The molecule has 0 unspecified atom stereocenters. The molecule has 100 valence electrons. The number of nitrogens with two attached hydrogens (primary N) is 1. The fourth-order valence-corrected chi connectivity index (χ4v) is 1.32. The van der Waals surface area contributed by atoms with Gasteiger partial charge in [-0.3, -0.25) is 4.79 Å². The van der Waals surface area contributed by atoms with Crippen molar-refractivity contribution in [3.63, 3.8) is 0 Å². The summed E-state index contributed by atoms with van der Waals surface area (Å²) in [6.07, 6.45) is 0. The molecule has 0 heterocycles. The van der Waals surface area contributed by atoms with Crippen LogP contribution in [-0.2, 0) is 20.9 Å². The van der Waals surface area contributed by atoms with E-state index < -0.39 is 17.6 Å². The molecule has 0 radical (unpaired) electrons. The maximum atomic E-state index is 11.6. The lowest BCUT2D eigenvalue weighted by Crippen LogP contribution is -2.40. The molecule has 4 nitrogen and oxygen atoms in total. The number of hydrogen-bond acceptors (Lipinski definition) is 4. The predicted octanol–water partition coefficient (Wildman–Crippen LogP) is 1.87. The minimum absolute atomic E-state index is 0.157. The summed E-state index contributed by atoms with van der Waals surface area (Å²) in [5.74, 6) is -0.435. The first-order valence-electron chi connectivity index (χ1n) is 5.98. The van der Waals surface area contributed by atoms with Gasteiger partial charge in [-0.1, -0.05) is 30.3 Å². The molecule has 0 fully saturated rings. The quantitative estimate of drug-likeness (QED) is 0.812. The number of carbonyl (C=O) groups excluding carboxylic acids is 1. The van der Waals surface area contributed by atoms with Crippen molar-refractivity contribution in [3.8, 4) is 0 Å². The highest BCUT2D eigenvalue weighted by Crippen LogP contribution is 2.08. The van der Waals surface area contributed by atoms with Gasteiger partial charge < -0.3 is 15.2 Å². The molecule has 0 bridgehead atoms. The average molecular weight is 251 g/mol. The Morgan fingerprint density at radius 2 is 1.89 bits per heavy atom.